The van der Waals surface area contributed by atoms with Gasteiger partial charge in [0.1, 0.15) is 0 Å². The Bertz CT molecular complexity index is 571. The highest BCUT2D eigenvalue weighted by Gasteiger charge is 2.21. The number of nitrogens with one attached hydrogen (secondary N) is 1. The van der Waals surface area contributed by atoms with Crippen LogP contribution in [0.2, 0.25) is 5.02 Å². The van der Waals surface area contributed by atoms with Crippen molar-refractivity contribution in [1.82, 2.24) is 4.90 Å². The number of ether oxygens (including phenoxy) is 1. The third kappa shape index (κ3) is 5.52. The minimum Gasteiger partial charge on any atom is -0.376 e. The van der Waals surface area contributed by atoms with Crippen molar-refractivity contribution in [2.45, 2.75) is 39.2 Å². The number of benzene rings is 1. The Kier molecular flexibility index (Phi) is 6.42. The van der Waals surface area contributed by atoms with Gasteiger partial charge in [-0.2, -0.15) is 0 Å². The van der Waals surface area contributed by atoms with Crippen LogP contribution in [0.3, 0.4) is 0 Å². The molecule has 0 bridgehead atoms. The molecule has 0 radical (unpaired) electrons. The third-order valence-corrected chi connectivity index (χ3v) is 4.21. The van der Waals surface area contributed by atoms with E-state index in [0.717, 1.165) is 25.0 Å². The minimum absolute atomic E-state index is 0.0350. The molecular weight excluding hydrogens is 316 g/mol. The third-order valence-electron chi connectivity index (χ3n) is 3.98. The van der Waals surface area contributed by atoms with E-state index in [1.54, 1.807) is 17.0 Å². The van der Waals surface area contributed by atoms with E-state index in [-0.39, 0.29) is 24.3 Å². The largest absolute Gasteiger partial charge is 0.376 e. The summed E-state index contributed by atoms with van der Waals surface area (Å²) in [5, 5.41) is 3.42. The maximum absolute atomic E-state index is 12.1. The Labute approximate surface area is 141 Å². The van der Waals surface area contributed by atoms with Gasteiger partial charge >= 0.3 is 0 Å². The van der Waals surface area contributed by atoms with Crippen molar-refractivity contribution in [3.63, 3.8) is 0 Å². The number of rotatable bonds is 6. The number of halogens is 1. The number of hydrogen-bond donors (Lipinski definition) is 1. The summed E-state index contributed by atoms with van der Waals surface area (Å²) in [5.74, 6) is -0.166. The average molecular weight is 339 g/mol. The van der Waals surface area contributed by atoms with E-state index in [1.807, 2.05) is 13.0 Å². The van der Waals surface area contributed by atoms with Gasteiger partial charge in [0, 0.05) is 43.8 Å². The predicted molar refractivity (Wildman–Crippen MR) is 90.7 cm³/mol. The van der Waals surface area contributed by atoms with Crippen molar-refractivity contribution >= 4 is 29.1 Å². The number of anilines is 1. The maximum Gasteiger partial charge on any atom is 0.226 e. The molecule has 0 aromatic heterocycles. The first-order valence-corrected chi connectivity index (χ1v) is 8.26. The molecule has 1 heterocycles. The van der Waals surface area contributed by atoms with Crippen LogP contribution in [0.15, 0.2) is 18.2 Å². The Morgan fingerprint density at radius 1 is 1.43 bits per heavy atom. The molecule has 1 aliphatic rings. The molecule has 0 spiro atoms. The molecular formula is C17H23ClN2O3. The lowest BCUT2D eigenvalue weighted by Gasteiger charge is -2.24. The van der Waals surface area contributed by atoms with E-state index >= 15 is 0 Å². The molecule has 2 amide bonds. The zero-order valence-electron chi connectivity index (χ0n) is 13.6. The van der Waals surface area contributed by atoms with Crippen LogP contribution < -0.4 is 5.32 Å². The van der Waals surface area contributed by atoms with Crippen LogP contribution in [0.4, 0.5) is 5.69 Å². The van der Waals surface area contributed by atoms with Gasteiger partial charge in [-0.05, 0) is 37.5 Å². The predicted octanol–water partition coefficient (Wildman–Crippen LogP) is 3.00. The summed E-state index contributed by atoms with van der Waals surface area (Å²) in [6.45, 7) is 5.13. The Hall–Kier alpha value is -1.59. The summed E-state index contributed by atoms with van der Waals surface area (Å²) in [6.07, 6.45) is 2.35. The molecule has 5 nitrogen and oxygen atoms in total. The molecule has 0 saturated carbocycles. The molecule has 1 saturated heterocycles. The van der Waals surface area contributed by atoms with Gasteiger partial charge in [-0.25, -0.2) is 0 Å². The molecule has 6 heteroatoms. The Morgan fingerprint density at radius 2 is 2.22 bits per heavy atom. The van der Waals surface area contributed by atoms with E-state index in [1.165, 1.54) is 6.92 Å². The van der Waals surface area contributed by atoms with Gasteiger partial charge < -0.3 is 15.0 Å². The number of nitrogens with zero attached hydrogens (tertiary/aromatic N) is 1. The van der Waals surface area contributed by atoms with Crippen molar-refractivity contribution in [3.8, 4) is 0 Å². The summed E-state index contributed by atoms with van der Waals surface area (Å²) in [5.41, 5.74) is 1.65. The summed E-state index contributed by atoms with van der Waals surface area (Å²) in [7, 11) is 0. The van der Waals surface area contributed by atoms with Crippen LogP contribution >= 0.6 is 11.6 Å². The van der Waals surface area contributed by atoms with Gasteiger partial charge in [0.2, 0.25) is 11.8 Å². The Morgan fingerprint density at radius 3 is 2.87 bits per heavy atom. The molecule has 23 heavy (non-hydrogen) atoms. The van der Waals surface area contributed by atoms with Crippen LogP contribution in [-0.4, -0.2) is 42.5 Å². The highest BCUT2D eigenvalue weighted by molar-refractivity contribution is 6.31. The van der Waals surface area contributed by atoms with Crippen LogP contribution in [-0.2, 0) is 14.3 Å². The van der Waals surface area contributed by atoms with Gasteiger partial charge in [-0.15, -0.1) is 0 Å². The fourth-order valence-electron chi connectivity index (χ4n) is 2.59. The smallest absolute Gasteiger partial charge is 0.226 e. The van der Waals surface area contributed by atoms with Crippen LogP contribution in [0.1, 0.15) is 31.7 Å². The second-order valence-electron chi connectivity index (χ2n) is 5.86. The standard InChI is InChI=1S/C17H23ClN2O3/c1-12-5-6-14(18)10-16(12)19-17(22)7-8-20(13(2)21)11-15-4-3-9-23-15/h5-6,10,15H,3-4,7-9,11H2,1-2H3,(H,19,22). The maximum atomic E-state index is 12.1. The quantitative estimate of drug-likeness (QED) is 0.867. The second-order valence-corrected chi connectivity index (χ2v) is 6.29. The normalized spacial score (nSPS) is 17.1. The fraction of sp³-hybridized carbons (Fsp3) is 0.529. The molecule has 1 aromatic carbocycles. The number of carbonyl (C=O) groups is 2. The van der Waals surface area contributed by atoms with Crippen molar-refractivity contribution in [2.24, 2.45) is 0 Å². The number of carbonyl (C=O) groups excluding carboxylic acids is 2. The molecule has 1 aliphatic heterocycles. The van der Waals surface area contributed by atoms with Crippen molar-refractivity contribution in [1.29, 1.82) is 0 Å². The van der Waals surface area contributed by atoms with Gasteiger partial charge in [0.05, 0.1) is 6.10 Å². The van der Waals surface area contributed by atoms with Gasteiger partial charge in [0.15, 0.2) is 0 Å². The molecule has 1 N–H and O–H groups in total. The average Bonchev–Trinajstić information content (AvgIpc) is 3.00. The van der Waals surface area contributed by atoms with Gasteiger partial charge in [0.25, 0.3) is 0 Å². The summed E-state index contributed by atoms with van der Waals surface area (Å²) < 4.78 is 5.56. The van der Waals surface area contributed by atoms with Gasteiger partial charge in [-0.3, -0.25) is 9.59 Å². The topological polar surface area (TPSA) is 58.6 Å². The van der Waals surface area contributed by atoms with Crippen LogP contribution in [0.5, 0.6) is 0 Å². The number of amides is 2. The highest BCUT2D eigenvalue weighted by Crippen LogP contribution is 2.20. The Balaban J connectivity index is 1.85. The van der Waals surface area contributed by atoms with Crippen molar-refractivity contribution in [3.05, 3.63) is 28.8 Å². The molecule has 1 unspecified atom stereocenters. The van der Waals surface area contributed by atoms with Crippen molar-refractivity contribution < 1.29 is 14.3 Å². The van der Waals surface area contributed by atoms with Crippen molar-refractivity contribution in [2.75, 3.05) is 25.0 Å². The van der Waals surface area contributed by atoms with Gasteiger partial charge in [-0.1, -0.05) is 17.7 Å². The first kappa shape index (κ1) is 17.8. The summed E-state index contributed by atoms with van der Waals surface area (Å²) in [6, 6.07) is 5.37. The molecule has 1 fully saturated rings. The lowest BCUT2D eigenvalue weighted by molar-refractivity contribution is -0.130. The lowest BCUT2D eigenvalue weighted by Crippen LogP contribution is -2.37. The van der Waals surface area contributed by atoms with E-state index in [0.29, 0.717) is 23.8 Å². The lowest BCUT2D eigenvalue weighted by atomic mass is 10.2. The van der Waals surface area contributed by atoms with Crippen LogP contribution in [0, 0.1) is 6.92 Å². The zero-order valence-corrected chi connectivity index (χ0v) is 14.4. The van der Waals surface area contributed by atoms with E-state index in [2.05, 4.69) is 5.32 Å². The van der Waals surface area contributed by atoms with E-state index in [9.17, 15) is 9.59 Å². The minimum atomic E-state index is -0.131. The monoisotopic (exact) mass is 338 g/mol. The van der Waals surface area contributed by atoms with Crippen LogP contribution in [0.25, 0.3) is 0 Å². The molecule has 126 valence electrons. The summed E-state index contributed by atoms with van der Waals surface area (Å²) in [4.78, 5) is 25.5. The molecule has 1 atom stereocenters. The van der Waals surface area contributed by atoms with E-state index < -0.39 is 0 Å². The zero-order chi connectivity index (χ0) is 16.8. The second kappa shape index (κ2) is 8.31. The fourth-order valence-corrected chi connectivity index (χ4v) is 2.76. The number of hydrogen-bond acceptors (Lipinski definition) is 3. The summed E-state index contributed by atoms with van der Waals surface area (Å²) >= 11 is 5.95. The first-order valence-electron chi connectivity index (χ1n) is 7.89. The highest BCUT2D eigenvalue weighted by atomic mass is 35.5. The first-order chi connectivity index (χ1) is 11.0. The SMILES string of the molecule is CC(=O)N(CCC(=O)Nc1cc(Cl)ccc1C)CC1CCCO1. The molecule has 0 aliphatic carbocycles. The molecule has 1 aromatic rings. The van der Waals surface area contributed by atoms with E-state index in [4.69, 9.17) is 16.3 Å². The number of aryl methyl sites for hydroxylation is 1. The molecule has 2 rings (SSSR count).